The van der Waals surface area contributed by atoms with Gasteiger partial charge in [0.15, 0.2) is 0 Å². The van der Waals surface area contributed by atoms with E-state index in [0.29, 0.717) is 0 Å². The van der Waals surface area contributed by atoms with E-state index in [1.54, 1.807) is 11.0 Å². The van der Waals surface area contributed by atoms with E-state index in [9.17, 15) is 0 Å². The Bertz CT molecular complexity index is 162. The molecule has 0 aromatic carbocycles. The SMILES string of the molecule is CNc1ccnn1NC. The maximum absolute atomic E-state index is 3.95. The number of rotatable bonds is 2. The maximum Gasteiger partial charge on any atom is 0.147 e. The molecule has 0 bridgehead atoms. The van der Waals surface area contributed by atoms with Crippen LogP contribution < -0.4 is 10.7 Å². The second-order valence-electron chi connectivity index (χ2n) is 1.60. The highest BCUT2D eigenvalue weighted by Gasteiger charge is 1.92. The quantitative estimate of drug-likeness (QED) is 0.590. The van der Waals surface area contributed by atoms with Gasteiger partial charge in [-0.15, -0.1) is 0 Å². The van der Waals surface area contributed by atoms with Crippen LogP contribution in [0.4, 0.5) is 5.82 Å². The van der Waals surface area contributed by atoms with Gasteiger partial charge in [-0.3, -0.25) is 0 Å². The van der Waals surface area contributed by atoms with Crippen LogP contribution in [0.15, 0.2) is 12.3 Å². The Morgan fingerprint density at radius 2 is 2.33 bits per heavy atom. The second kappa shape index (κ2) is 2.39. The van der Waals surface area contributed by atoms with E-state index in [4.69, 9.17) is 0 Å². The number of aromatic nitrogens is 2. The molecule has 0 atom stereocenters. The Balaban J connectivity index is 2.85. The van der Waals surface area contributed by atoms with Gasteiger partial charge in [0.25, 0.3) is 0 Å². The van der Waals surface area contributed by atoms with Gasteiger partial charge in [0.05, 0.1) is 6.20 Å². The van der Waals surface area contributed by atoms with Gasteiger partial charge >= 0.3 is 0 Å². The molecular weight excluding hydrogens is 116 g/mol. The summed E-state index contributed by atoms with van der Waals surface area (Å²) in [5.74, 6) is 0.956. The molecule has 0 unspecified atom stereocenters. The van der Waals surface area contributed by atoms with Crippen LogP contribution in [0.5, 0.6) is 0 Å². The van der Waals surface area contributed by atoms with Gasteiger partial charge in [-0.1, -0.05) is 0 Å². The number of nitrogens with one attached hydrogen (secondary N) is 2. The van der Waals surface area contributed by atoms with E-state index in [1.807, 2.05) is 20.2 Å². The molecule has 1 aromatic heterocycles. The third kappa shape index (κ3) is 0.960. The molecule has 4 nitrogen and oxygen atoms in total. The molecule has 1 aromatic rings. The first kappa shape index (κ1) is 5.94. The van der Waals surface area contributed by atoms with E-state index in [2.05, 4.69) is 15.8 Å². The minimum Gasteiger partial charge on any atom is -0.372 e. The molecule has 4 heteroatoms. The van der Waals surface area contributed by atoms with Crippen LogP contribution in [0.25, 0.3) is 0 Å². The van der Waals surface area contributed by atoms with Crippen LogP contribution in [0.3, 0.4) is 0 Å². The van der Waals surface area contributed by atoms with Crippen molar-refractivity contribution in [2.45, 2.75) is 0 Å². The minimum atomic E-state index is 0.956. The summed E-state index contributed by atoms with van der Waals surface area (Å²) >= 11 is 0. The van der Waals surface area contributed by atoms with Crippen LogP contribution in [0.1, 0.15) is 0 Å². The first-order chi connectivity index (χ1) is 4.38. The lowest BCUT2D eigenvalue weighted by atomic mass is 10.6. The molecule has 0 saturated carbocycles. The molecule has 50 valence electrons. The van der Waals surface area contributed by atoms with Crippen LogP contribution >= 0.6 is 0 Å². The van der Waals surface area contributed by atoms with Gasteiger partial charge in [-0.05, 0) is 0 Å². The largest absolute Gasteiger partial charge is 0.372 e. The molecule has 0 aliphatic rings. The zero-order chi connectivity index (χ0) is 6.69. The Labute approximate surface area is 53.8 Å². The third-order valence-electron chi connectivity index (χ3n) is 1.11. The molecule has 0 amide bonds. The van der Waals surface area contributed by atoms with Gasteiger partial charge in [-0.2, -0.15) is 9.89 Å². The summed E-state index contributed by atoms with van der Waals surface area (Å²) in [6.07, 6.45) is 1.72. The van der Waals surface area contributed by atoms with Crippen molar-refractivity contribution in [2.24, 2.45) is 0 Å². The molecule has 0 radical (unpaired) electrons. The lowest BCUT2D eigenvalue weighted by molar-refractivity contribution is 0.789. The van der Waals surface area contributed by atoms with E-state index in [1.165, 1.54) is 0 Å². The lowest BCUT2D eigenvalue weighted by Gasteiger charge is -2.02. The molecule has 0 spiro atoms. The molecule has 0 saturated heterocycles. The van der Waals surface area contributed by atoms with E-state index in [0.717, 1.165) is 5.82 Å². The first-order valence-corrected chi connectivity index (χ1v) is 2.78. The molecule has 1 heterocycles. The monoisotopic (exact) mass is 126 g/mol. The second-order valence-corrected chi connectivity index (χ2v) is 1.60. The van der Waals surface area contributed by atoms with Crippen LogP contribution in [0.2, 0.25) is 0 Å². The Kier molecular flexibility index (Phi) is 1.58. The molecule has 0 fully saturated rings. The zero-order valence-electron chi connectivity index (χ0n) is 5.55. The zero-order valence-corrected chi connectivity index (χ0v) is 5.55. The van der Waals surface area contributed by atoms with Crippen molar-refractivity contribution in [1.29, 1.82) is 0 Å². The van der Waals surface area contributed by atoms with Crippen molar-refractivity contribution < 1.29 is 0 Å². The average molecular weight is 126 g/mol. The van der Waals surface area contributed by atoms with E-state index < -0.39 is 0 Å². The van der Waals surface area contributed by atoms with Crippen molar-refractivity contribution in [1.82, 2.24) is 9.89 Å². The molecule has 9 heavy (non-hydrogen) atoms. The van der Waals surface area contributed by atoms with Gasteiger partial charge in [0.1, 0.15) is 5.82 Å². The average Bonchev–Trinajstić information content (AvgIpc) is 2.33. The molecular formula is C5H10N4. The predicted octanol–water partition coefficient (Wildman–Crippen LogP) is 0.0981. The topological polar surface area (TPSA) is 41.9 Å². The number of anilines is 1. The summed E-state index contributed by atoms with van der Waals surface area (Å²) in [7, 11) is 3.67. The Morgan fingerprint density at radius 3 is 2.78 bits per heavy atom. The Hall–Kier alpha value is -1.19. The normalized spacial score (nSPS) is 9.11. The molecule has 2 N–H and O–H groups in total. The van der Waals surface area contributed by atoms with Crippen molar-refractivity contribution in [3.05, 3.63) is 12.3 Å². The van der Waals surface area contributed by atoms with Crippen LogP contribution in [-0.4, -0.2) is 24.0 Å². The van der Waals surface area contributed by atoms with Crippen molar-refractivity contribution in [2.75, 3.05) is 24.8 Å². The lowest BCUT2D eigenvalue weighted by Crippen LogP contribution is -2.12. The highest BCUT2D eigenvalue weighted by molar-refractivity contribution is 5.33. The fourth-order valence-corrected chi connectivity index (χ4v) is 0.671. The van der Waals surface area contributed by atoms with Crippen molar-refractivity contribution in [3.8, 4) is 0 Å². The third-order valence-corrected chi connectivity index (χ3v) is 1.11. The number of nitrogens with zero attached hydrogens (tertiary/aromatic N) is 2. The van der Waals surface area contributed by atoms with Crippen LogP contribution in [-0.2, 0) is 0 Å². The van der Waals surface area contributed by atoms with Crippen molar-refractivity contribution in [3.63, 3.8) is 0 Å². The van der Waals surface area contributed by atoms with E-state index in [-0.39, 0.29) is 0 Å². The maximum atomic E-state index is 3.95. The number of hydrogen-bond donors (Lipinski definition) is 2. The fraction of sp³-hybridized carbons (Fsp3) is 0.400. The summed E-state index contributed by atoms with van der Waals surface area (Å²) in [5, 5.41) is 6.91. The number of hydrogen-bond acceptors (Lipinski definition) is 3. The predicted molar refractivity (Wildman–Crippen MR) is 37.1 cm³/mol. The standard InChI is InChI=1S/C5H10N4/c1-6-5-3-4-8-9(5)7-2/h3-4,6-7H,1-2H3. The molecule has 0 aliphatic carbocycles. The van der Waals surface area contributed by atoms with Gasteiger partial charge < -0.3 is 10.7 Å². The highest BCUT2D eigenvalue weighted by Crippen LogP contribution is 1.99. The first-order valence-electron chi connectivity index (χ1n) is 2.78. The van der Waals surface area contributed by atoms with Gasteiger partial charge in [0, 0.05) is 20.2 Å². The summed E-state index contributed by atoms with van der Waals surface area (Å²) in [6.45, 7) is 0. The van der Waals surface area contributed by atoms with Gasteiger partial charge in [0.2, 0.25) is 0 Å². The summed E-state index contributed by atoms with van der Waals surface area (Å²) in [4.78, 5) is 1.65. The summed E-state index contributed by atoms with van der Waals surface area (Å²) in [5.41, 5.74) is 2.87. The molecule has 0 aliphatic heterocycles. The van der Waals surface area contributed by atoms with Crippen molar-refractivity contribution >= 4 is 5.82 Å². The summed E-state index contributed by atoms with van der Waals surface area (Å²) < 4.78 is 0. The molecule has 1 rings (SSSR count). The fourth-order valence-electron chi connectivity index (χ4n) is 0.671. The van der Waals surface area contributed by atoms with Gasteiger partial charge in [-0.25, -0.2) is 0 Å². The smallest absolute Gasteiger partial charge is 0.147 e. The summed E-state index contributed by atoms with van der Waals surface area (Å²) in [6, 6.07) is 1.89. The Morgan fingerprint density at radius 1 is 1.56 bits per heavy atom. The highest BCUT2D eigenvalue weighted by atomic mass is 15.6. The minimum absolute atomic E-state index is 0.956. The van der Waals surface area contributed by atoms with Crippen LogP contribution in [0, 0.1) is 0 Å². The van der Waals surface area contributed by atoms with E-state index >= 15 is 0 Å².